The van der Waals surface area contributed by atoms with Crippen molar-refractivity contribution < 1.29 is 28.5 Å². The highest BCUT2D eigenvalue weighted by molar-refractivity contribution is 14.1. The van der Waals surface area contributed by atoms with Gasteiger partial charge < -0.3 is 19.3 Å². The lowest BCUT2D eigenvalue weighted by Gasteiger charge is -2.22. The van der Waals surface area contributed by atoms with E-state index in [4.69, 9.17) is 19.0 Å². The van der Waals surface area contributed by atoms with Crippen LogP contribution in [0.3, 0.4) is 0 Å². The Morgan fingerprint density at radius 1 is 1.06 bits per heavy atom. The highest BCUT2D eigenvalue weighted by Gasteiger charge is 2.32. The molecule has 34 heavy (non-hydrogen) atoms. The van der Waals surface area contributed by atoms with Gasteiger partial charge in [0.1, 0.15) is 5.75 Å². The van der Waals surface area contributed by atoms with E-state index >= 15 is 0 Å². The summed E-state index contributed by atoms with van der Waals surface area (Å²) < 4.78 is 30.3. The van der Waals surface area contributed by atoms with Gasteiger partial charge in [-0.15, -0.1) is 0 Å². The van der Waals surface area contributed by atoms with Crippen molar-refractivity contribution in [2.75, 3.05) is 13.9 Å². The lowest BCUT2D eigenvalue weighted by molar-refractivity contribution is -0.112. The number of hydrogen-bond acceptors (Lipinski definition) is 5. The number of ether oxygens (including phenoxy) is 2. The number of halogens is 2. The van der Waals surface area contributed by atoms with Crippen LogP contribution in [0, 0.1) is 21.0 Å². The summed E-state index contributed by atoms with van der Waals surface area (Å²) in [6.07, 6.45) is 1.85. The van der Waals surface area contributed by atoms with Gasteiger partial charge in [0.15, 0.2) is 12.5 Å². The van der Waals surface area contributed by atoms with Crippen molar-refractivity contribution in [3.05, 3.63) is 53.2 Å². The molecule has 9 heteroatoms. The Morgan fingerprint density at radius 2 is 1.65 bits per heavy atom. The van der Waals surface area contributed by atoms with Gasteiger partial charge in [0.2, 0.25) is 0 Å². The molecule has 6 nitrogen and oxygen atoms in total. The van der Waals surface area contributed by atoms with Crippen molar-refractivity contribution in [3.63, 3.8) is 0 Å². The summed E-state index contributed by atoms with van der Waals surface area (Å²) in [5.74, 6) is 1.64. The lowest BCUT2D eigenvalue weighted by Crippen LogP contribution is -2.12. The van der Waals surface area contributed by atoms with Crippen molar-refractivity contribution >= 4 is 52.8 Å². The van der Waals surface area contributed by atoms with Crippen LogP contribution >= 0.6 is 52.8 Å². The lowest BCUT2D eigenvalue weighted by atomic mass is 9.93. The van der Waals surface area contributed by atoms with Crippen molar-refractivity contribution in [2.24, 2.45) is 0 Å². The molecule has 0 fully saturated rings. The molecular formula is C25H35I2O6P. The number of methoxy groups -OCH3 is 1. The predicted octanol–water partition coefficient (Wildman–Crippen LogP) is 7.89. The maximum atomic E-state index is 12.6. The van der Waals surface area contributed by atoms with Crippen LogP contribution in [0.25, 0.3) is 0 Å². The second kappa shape index (κ2) is 13.2. The van der Waals surface area contributed by atoms with Crippen LogP contribution in [0.2, 0.25) is 0 Å². The van der Waals surface area contributed by atoms with E-state index in [-0.39, 0.29) is 6.79 Å². The molecule has 2 aromatic carbocycles. The van der Waals surface area contributed by atoms with Crippen molar-refractivity contribution in [1.82, 2.24) is 0 Å². The molecule has 0 bridgehead atoms. The first-order valence-corrected chi connectivity index (χ1v) is 15.2. The molecule has 0 radical (unpaired) electrons. The third-order valence-corrected chi connectivity index (χ3v) is 10.5. The summed E-state index contributed by atoms with van der Waals surface area (Å²) in [7, 11) is -2.27. The van der Waals surface area contributed by atoms with Gasteiger partial charge in [0.05, 0.1) is 12.8 Å². The Morgan fingerprint density at radius 3 is 2.15 bits per heavy atom. The van der Waals surface area contributed by atoms with Crippen LogP contribution in [0.1, 0.15) is 74.3 Å². The molecule has 0 spiro atoms. The zero-order valence-corrected chi connectivity index (χ0v) is 26.1. The minimum Gasteiger partial charge on any atom is -0.467 e. The Hall–Kier alpha value is -0.390. The second-order valence-corrected chi connectivity index (χ2v) is 12.8. The summed E-state index contributed by atoms with van der Waals surface area (Å²) in [6.45, 7) is 12.4. The summed E-state index contributed by atoms with van der Waals surface area (Å²) in [5.41, 5.74) is 5.22. The van der Waals surface area contributed by atoms with Crippen LogP contribution in [0.4, 0.5) is 0 Å². The Balaban J connectivity index is 2.37. The molecule has 190 valence electrons. The van der Waals surface area contributed by atoms with E-state index in [1.807, 2.05) is 33.8 Å². The molecule has 0 heterocycles. The van der Waals surface area contributed by atoms with Crippen LogP contribution in [-0.4, -0.2) is 24.5 Å². The van der Waals surface area contributed by atoms with E-state index in [9.17, 15) is 9.46 Å². The minimum absolute atomic E-state index is 0.217. The van der Waals surface area contributed by atoms with Gasteiger partial charge in [-0.05, 0) is 118 Å². The summed E-state index contributed by atoms with van der Waals surface area (Å²) in [4.78, 5) is 15.9. The normalized spacial score (nSPS) is 13.4. The van der Waals surface area contributed by atoms with Gasteiger partial charge in [-0.3, -0.25) is 4.57 Å². The quantitative estimate of drug-likeness (QED) is 0.0793. The summed E-state index contributed by atoms with van der Waals surface area (Å²) >= 11 is 4.45. The average Bonchev–Trinajstić information content (AvgIpc) is 2.80. The van der Waals surface area contributed by atoms with Crippen LogP contribution in [0.5, 0.6) is 11.5 Å². The highest BCUT2D eigenvalue weighted by Crippen LogP contribution is 2.51. The molecule has 0 saturated carbocycles. The van der Waals surface area contributed by atoms with E-state index in [2.05, 4.69) is 71.2 Å². The van der Waals surface area contributed by atoms with Gasteiger partial charge in [0.25, 0.3) is 0 Å². The fourth-order valence-electron chi connectivity index (χ4n) is 3.84. The smallest absolute Gasteiger partial charge is 0.369 e. The van der Waals surface area contributed by atoms with Gasteiger partial charge in [-0.2, -0.15) is 0 Å². The van der Waals surface area contributed by atoms with Crippen molar-refractivity contribution in [3.8, 4) is 11.5 Å². The van der Waals surface area contributed by atoms with Gasteiger partial charge in [-0.1, -0.05) is 44.5 Å². The SMILES string of the molecule is CCC(CC)P(=O)(O)OOc1c(I)c(C)c(Cc2ccc(OCOC)c(C(C)C)c2)c(C)c1I. The fourth-order valence-corrected chi connectivity index (χ4v) is 6.95. The van der Waals surface area contributed by atoms with Crippen LogP contribution < -0.4 is 9.62 Å². The van der Waals surface area contributed by atoms with Crippen LogP contribution in [0.15, 0.2) is 18.2 Å². The average molecular weight is 716 g/mol. The molecule has 1 N–H and O–H groups in total. The van der Waals surface area contributed by atoms with E-state index in [1.54, 1.807) is 7.11 Å². The monoisotopic (exact) mass is 716 g/mol. The Labute approximate surface area is 230 Å². The molecule has 2 rings (SSSR count). The number of hydrogen-bond donors (Lipinski definition) is 1. The molecule has 0 aliphatic rings. The Bertz CT molecular complexity index is 1010. The molecule has 0 aliphatic heterocycles. The first-order chi connectivity index (χ1) is 16.0. The van der Waals surface area contributed by atoms with Crippen molar-refractivity contribution in [1.29, 1.82) is 0 Å². The maximum absolute atomic E-state index is 12.6. The highest BCUT2D eigenvalue weighted by atomic mass is 127. The van der Waals surface area contributed by atoms with Gasteiger partial charge in [-0.25, -0.2) is 0 Å². The van der Waals surface area contributed by atoms with E-state index < -0.39 is 13.3 Å². The second-order valence-electron chi connectivity index (χ2n) is 8.63. The van der Waals surface area contributed by atoms with E-state index in [0.29, 0.717) is 24.5 Å². The first-order valence-electron chi connectivity index (χ1n) is 11.4. The molecule has 1 unspecified atom stereocenters. The van der Waals surface area contributed by atoms with Crippen LogP contribution in [-0.2, 0) is 20.4 Å². The Kier molecular flexibility index (Phi) is 11.6. The van der Waals surface area contributed by atoms with Crippen molar-refractivity contribution in [2.45, 2.75) is 72.4 Å². The fraction of sp³-hybridized carbons (Fsp3) is 0.520. The maximum Gasteiger partial charge on any atom is 0.369 e. The molecule has 2 aromatic rings. The number of benzene rings is 2. The zero-order valence-electron chi connectivity index (χ0n) is 20.9. The minimum atomic E-state index is -3.88. The van der Waals surface area contributed by atoms with Gasteiger partial charge >= 0.3 is 7.60 Å². The topological polar surface area (TPSA) is 74.2 Å². The molecule has 0 amide bonds. The molecule has 0 aliphatic carbocycles. The molecule has 0 saturated heterocycles. The van der Waals surface area contributed by atoms with E-state index in [0.717, 1.165) is 36.0 Å². The summed E-state index contributed by atoms with van der Waals surface area (Å²) in [6, 6.07) is 6.28. The third kappa shape index (κ3) is 7.09. The van der Waals surface area contributed by atoms with E-state index in [1.165, 1.54) is 11.1 Å². The van der Waals surface area contributed by atoms with Gasteiger partial charge in [0, 0.05) is 7.11 Å². The molecule has 0 aromatic heterocycles. The molecular weight excluding hydrogens is 681 g/mol. The predicted molar refractivity (Wildman–Crippen MR) is 153 cm³/mol. The molecule has 1 atom stereocenters. The standard InChI is InChI=1S/C25H35I2O6P/c1-8-19(9-2)34(28,29)33-32-25-23(26)16(5)21(17(6)24(25)27)13-18-10-11-22(31-14-30-7)20(12-18)15(3)4/h10-12,15,19H,8-9,13-14H2,1-7H3,(H,28,29). The largest absolute Gasteiger partial charge is 0.467 e. The first kappa shape index (κ1) is 29.8. The number of rotatable bonds is 12. The third-order valence-electron chi connectivity index (χ3n) is 6.00. The summed E-state index contributed by atoms with van der Waals surface area (Å²) in [5, 5.41) is 0. The zero-order chi connectivity index (χ0) is 25.6.